The summed E-state index contributed by atoms with van der Waals surface area (Å²) in [7, 11) is 0. The first kappa shape index (κ1) is 22.9. The number of benzene rings is 1. The molecular weight excluding hydrogens is 435 g/mol. The minimum Gasteiger partial charge on any atom is -0.347 e. The maximum atomic E-state index is 13.2. The Morgan fingerprint density at radius 2 is 1.93 bits per heavy atom. The van der Waals surface area contributed by atoms with E-state index in [0.29, 0.717) is 36.2 Å². The average molecular weight is 462 g/mol. The van der Waals surface area contributed by atoms with E-state index < -0.39 is 5.79 Å². The third-order valence-electron chi connectivity index (χ3n) is 5.81. The quantitative estimate of drug-likeness (QED) is 0.637. The Bertz CT molecular complexity index is 753. The van der Waals surface area contributed by atoms with Gasteiger partial charge < -0.3 is 14.4 Å². The highest BCUT2D eigenvalue weighted by molar-refractivity contribution is 6.42. The molecule has 1 spiro atoms. The van der Waals surface area contributed by atoms with Crippen LogP contribution >= 0.6 is 35.6 Å². The standard InChI is InChI=1S/C21H26Cl2N2O3.ClH/c22-18-5-4-16(12-19(18)23)13-20(26)25-9-6-21(27-10-11-28-21)14-17(25)15-24-7-2-1-3-8-24;/h1-2,4-5,12,17H,3,6-11,13-15H2;1H. The summed E-state index contributed by atoms with van der Waals surface area (Å²) in [6.07, 6.45) is 7.24. The summed E-state index contributed by atoms with van der Waals surface area (Å²) in [4.78, 5) is 17.6. The SMILES string of the molecule is Cl.O=C(Cc1ccc(Cl)c(Cl)c1)N1CCC2(CC1CN1CC=CCC1)OCCO2. The van der Waals surface area contributed by atoms with Crippen molar-refractivity contribution >= 4 is 41.5 Å². The molecule has 3 heterocycles. The maximum absolute atomic E-state index is 13.2. The lowest BCUT2D eigenvalue weighted by atomic mass is 9.94. The van der Waals surface area contributed by atoms with Gasteiger partial charge in [-0.05, 0) is 24.1 Å². The molecule has 1 unspecified atom stereocenters. The summed E-state index contributed by atoms with van der Waals surface area (Å²) in [5, 5.41) is 0.985. The minimum atomic E-state index is -0.517. The first-order chi connectivity index (χ1) is 13.5. The Labute approximate surface area is 188 Å². The van der Waals surface area contributed by atoms with E-state index in [9.17, 15) is 4.79 Å². The van der Waals surface area contributed by atoms with Crippen molar-refractivity contribution < 1.29 is 14.3 Å². The van der Waals surface area contributed by atoms with Crippen molar-refractivity contribution in [3.63, 3.8) is 0 Å². The van der Waals surface area contributed by atoms with Crippen molar-refractivity contribution in [2.45, 2.75) is 37.5 Å². The second-order valence-corrected chi connectivity index (χ2v) is 8.56. The van der Waals surface area contributed by atoms with E-state index in [4.69, 9.17) is 32.7 Å². The molecule has 1 amide bonds. The second-order valence-electron chi connectivity index (χ2n) is 7.75. The van der Waals surface area contributed by atoms with Gasteiger partial charge in [0.1, 0.15) is 0 Å². The van der Waals surface area contributed by atoms with Crippen LogP contribution < -0.4 is 0 Å². The van der Waals surface area contributed by atoms with E-state index in [1.807, 2.05) is 11.0 Å². The van der Waals surface area contributed by atoms with Gasteiger partial charge >= 0.3 is 0 Å². The molecule has 0 aromatic heterocycles. The Balaban J connectivity index is 0.00000240. The topological polar surface area (TPSA) is 42.0 Å². The molecule has 2 saturated heterocycles. The number of likely N-dealkylation sites (tertiary alicyclic amines) is 1. The molecule has 3 aliphatic rings. The number of amides is 1. The van der Waals surface area contributed by atoms with E-state index in [-0.39, 0.29) is 24.4 Å². The van der Waals surface area contributed by atoms with Crippen molar-refractivity contribution in [3.05, 3.63) is 46.0 Å². The summed E-state index contributed by atoms with van der Waals surface area (Å²) in [6.45, 7) is 4.71. The Morgan fingerprint density at radius 3 is 2.62 bits per heavy atom. The molecule has 29 heavy (non-hydrogen) atoms. The van der Waals surface area contributed by atoms with Crippen LogP contribution in [-0.4, -0.2) is 66.9 Å². The van der Waals surface area contributed by atoms with E-state index in [1.165, 1.54) is 0 Å². The highest BCUT2D eigenvalue weighted by Crippen LogP contribution is 2.35. The number of nitrogens with zero attached hydrogens (tertiary/aromatic N) is 2. The zero-order chi connectivity index (χ0) is 19.6. The van der Waals surface area contributed by atoms with E-state index >= 15 is 0 Å². The molecule has 3 aliphatic heterocycles. The number of carbonyl (C=O) groups is 1. The second kappa shape index (κ2) is 9.99. The van der Waals surface area contributed by atoms with Gasteiger partial charge in [-0.15, -0.1) is 12.4 Å². The fourth-order valence-corrected chi connectivity index (χ4v) is 4.70. The zero-order valence-corrected chi connectivity index (χ0v) is 18.6. The fourth-order valence-electron chi connectivity index (χ4n) is 4.37. The van der Waals surface area contributed by atoms with Gasteiger partial charge in [-0.25, -0.2) is 0 Å². The van der Waals surface area contributed by atoms with Gasteiger partial charge in [-0.2, -0.15) is 0 Å². The monoisotopic (exact) mass is 460 g/mol. The van der Waals surface area contributed by atoms with Crippen LogP contribution in [0.25, 0.3) is 0 Å². The molecule has 0 aliphatic carbocycles. The normalized spacial score (nSPS) is 23.9. The Kier molecular flexibility index (Phi) is 7.87. The van der Waals surface area contributed by atoms with Crippen molar-refractivity contribution in [2.24, 2.45) is 0 Å². The summed E-state index contributed by atoms with van der Waals surface area (Å²) in [5.41, 5.74) is 0.882. The minimum absolute atomic E-state index is 0. The number of ether oxygens (including phenoxy) is 2. The van der Waals surface area contributed by atoms with Crippen LogP contribution in [-0.2, 0) is 20.7 Å². The molecule has 1 aromatic rings. The molecular formula is C21H27Cl3N2O3. The van der Waals surface area contributed by atoms with Gasteiger partial charge in [0, 0.05) is 45.1 Å². The summed E-state index contributed by atoms with van der Waals surface area (Å²) in [5.74, 6) is -0.403. The van der Waals surface area contributed by atoms with Crippen LogP contribution in [0.4, 0.5) is 0 Å². The predicted octanol–water partition coefficient (Wildman–Crippen LogP) is 3.95. The summed E-state index contributed by atoms with van der Waals surface area (Å²) < 4.78 is 11.9. The summed E-state index contributed by atoms with van der Waals surface area (Å²) in [6, 6.07) is 5.47. The van der Waals surface area contributed by atoms with E-state index in [0.717, 1.165) is 44.5 Å². The lowest BCUT2D eigenvalue weighted by molar-refractivity contribution is -0.199. The van der Waals surface area contributed by atoms with Crippen LogP contribution in [0.2, 0.25) is 10.0 Å². The molecule has 0 saturated carbocycles. The Morgan fingerprint density at radius 1 is 1.14 bits per heavy atom. The number of carbonyl (C=O) groups excluding carboxylic acids is 1. The van der Waals surface area contributed by atoms with Gasteiger partial charge in [-0.3, -0.25) is 9.69 Å². The number of hydrogen-bond acceptors (Lipinski definition) is 4. The molecule has 1 aromatic carbocycles. The third kappa shape index (κ3) is 5.46. The van der Waals surface area contributed by atoms with Crippen molar-refractivity contribution in [2.75, 3.05) is 39.4 Å². The molecule has 2 fully saturated rings. The zero-order valence-electron chi connectivity index (χ0n) is 16.3. The van der Waals surface area contributed by atoms with Crippen molar-refractivity contribution in [1.29, 1.82) is 0 Å². The molecule has 0 radical (unpaired) electrons. The first-order valence-corrected chi connectivity index (χ1v) is 10.7. The molecule has 0 N–H and O–H groups in total. The van der Waals surface area contributed by atoms with Gasteiger partial charge in [-0.1, -0.05) is 41.4 Å². The van der Waals surface area contributed by atoms with Gasteiger partial charge in [0.15, 0.2) is 5.79 Å². The van der Waals surface area contributed by atoms with Gasteiger partial charge in [0.25, 0.3) is 0 Å². The van der Waals surface area contributed by atoms with Crippen LogP contribution in [0.3, 0.4) is 0 Å². The highest BCUT2D eigenvalue weighted by Gasteiger charge is 2.45. The van der Waals surface area contributed by atoms with E-state index in [2.05, 4.69) is 17.1 Å². The third-order valence-corrected chi connectivity index (χ3v) is 6.54. The first-order valence-electron chi connectivity index (χ1n) is 9.93. The van der Waals surface area contributed by atoms with Gasteiger partial charge in [0.2, 0.25) is 5.91 Å². The number of rotatable bonds is 4. The smallest absolute Gasteiger partial charge is 0.227 e. The predicted molar refractivity (Wildman–Crippen MR) is 117 cm³/mol. The van der Waals surface area contributed by atoms with E-state index in [1.54, 1.807) is 12.1 Å². The van der Waals surface area contributed by atoms with Crippen LogP contribution in [0.5, 0.6) is 0 Å². The van der Waals surface area contributed by atoms with Crippen LogP contribution in [0.15, 0.2) is 30.4 Å². The Hall–Kier alpha value is -0.820. The lowest BCUT2D eigenvalue weighted by Gasteiger charge is -2.45. The van der Waals surface area contributed by atoms with Crippen LogP contribution in [0.1, 0.15) is 24.8 Å². The number of piperidine rings is 1. The number of hydrogen-bond donors (Lipinski definition) is 0. The largest absolute Gasteiger partial charge is 0.347 e. The number of halogens is 3. The summed E-state index contributed by atoms with van der Waals surface area (Å²) >= 11 is 12.1. The van der Waals surface area contributed by atoms with Crippen molar-refractivity contribution in [3.8, 4) is 0 Å². The molecule has 5 nitrogen and oxygen atoms in total. The molecule has 160 valence electrons. The van der Waals surface area contributed by atoms with Crippen LogP contribution in [0, 0.1) is 0 Å². The van der Waals surface area contributed by atoms with Gasteiger partial charge in [0.05, 0.1) is 29.7 Å². The molecule has 1 atom stereocenters. The fraction of sp³-hybridized carbons (Fsp3) is 0.571. The average Bonchev–Trinajstić information content (AvgIpc) is 3.13. The lowest BCUT2D eigenvalue weighted by Crippen LogP contribution is -2.57. The molecule has 8 heteroatoms. The molecule has 4 rings (SSSR count). The van der Waals surface area contributed by atoms with Crippen molar-refractivity contribution in [1.82, 2.24) is 9.80 Å². The maximum Gasteiger partial charge on any atom is 0.227 e. The highest BCUT2D eigenvalue weighted by atomic mass is 35.5. The molecule has 0 bridgehead atoms.